The summed E-state index contributed by atoms with van der Waals surface area (Å²) in [6.45, 7) is 1.67. The second kappa shape index (κ2) is 6.84. The van der Waals surface area contributed by atoms with E-state index in [2.05, 4.69) is 10.3 Å². The van der Waals surface area contributed by atoms with E-state index in [1.54, 1.807) is 16.9 Å². The molecule has 4 rings (SSSR count). The number of hydrogen-bond acceptors (Lipinski definition) is 5. The molecule has 1 aliphatic rings. The minimum absolute atomic E-state index is 0.0490. The standard InChI is InChI=1S/C18H16ClFN4O2/c1-23(13-3-5-17-18(9-13)26-7-6-25-17)10-12-11-24(22-21-12)14-2-4-16(20)15(19)8-14/h2-5,8-9,11H,6-7,10H2,1H3. The van der Waals surface area contributed by atoms with Gasteiger partial charge in [-0.1, -0.05) is 16.8 Å². The van der Waals surface area contributed by atoms with Gasteiger partial charge in [-0.15, -0.1) is 5.10 Å². The minimum Gasteiger partial charge on any atom is -0.486 e. The first-order chi connectivity index (χ1) is 12.6. The number of ether oxygens (including phenoxy) is 2. The monoisotopic (exact) mass is 374 g/mol. The van der Waals surface area contributed by atoms with E-state index in [0.717, 1.165) is 22.9 Å². The van der Waals surface area contributed by atoms with Crippen LogP contribution in [0.1, 0.15) is 5.69 Å². The summed E-state index contributed by atoms with van der Waals surface area (Å²) in [5.41, 5.74) is 2.40. The molecule has 134 valence electrons. The van der Waals surface area contributed by atoms with Gasteiger partial charge in [0.1, 0.15) is 24.7 Å². The van der Waals surface area contributed by atoms with E-state index >= 15 is 0 Å². The maximum Gasteiger partial charge on any atom is 0.163 e. The van der Waals surface area contributed by atoms with Crippen molar-refractivity contribution in [3.63, 3.8) is 0 Å². The number of benzene rings is 2. The van der Waals surface area contributed by atoms with E-state index in [1.807, 2.05) is 30.1 Å². The molecule has 2 heterocycles. The Bertz CT molecular complexity index is 947. The van der Waals surface area contributed by atoms with Gasteiger partial charge >= 0.3 is 0 Å². The van der Waals surface area contributed by atoms with Crippen LogP contribution in [0.3, 0.4) is 0 Å². The Morgan fingerprint density at radius 1 is 1.15 bits per heavy atom. The summed E-state index contributed by atoms with van der Waals surface area (Å²) in [6.07, 6.45) is 1.79. The van der Waals surface area contributed by atoms with Crippen molar-refractivity contribution in [2.75, 3.05) is 25.2 Å². The SMILES string of the molecule is CN(Cc1cn(-c2ccc(F)c(Cl)c2)nn1)c1ccc2c(c1)OCCO2. The van der Waals surface area contributed by atoms with E-state index in [1.165, 1.54) is 12.1 Å². The molecule has 3 aromatic rings. The fraction of sp³-hybridized carbons (Fsp3) is 0.222. The summed E-state index contributed by atoms with van der Waals surface area (Å²) in [5, 5.41) is 8.31. The molecular formula is C18H16ClFN4O2. The number of nitrogens with zero attached hydrogens (tertiary/aromatic N) is 4. The molecule has 0 amide bonds. The Morgan fingerprint density at radius 3 is 2.77 bits per heavy atom. The first kappa shape index (κ1) is 16.7. The van der Waals surface area contributed by atoms with Crippen LogP contribution < -0.4 is 14.4 Å². The summed E-state index contributed by atoms with van der Waals surface area (Å²) in [6, 6.07) is 10.2. The quantitative estimate of drug-likeness (QED) is 0.700. The van der Waals surface area contributed by atoms with Crippen LogP contribution in [0, 0.1) is 5.82 Å². The van der Waals surface area contributed by atoms with Gasteiger partial charge in [0, 0.05) is 18.8 Å². The van der Waals surface area contributed by atoms with Gasteiger partial charge in [-0.25, -0.2) is 9.07 Å². The largest absolute Gasteiger partial charge is 0.486 e. The molecule has 0 fully saturated rings. The van der Waals surface area contributed by atoms with Crippen molar-refractivity contribution >= 4 is 17.3 Å². The minimum atomic E-state index is -0.464. The number of fused-ring (bicyclic) bond motifs is 1. The predicted octanol–water partition coefficient (Wildman–Crippen LogP) is 3.47. The van der Waals surface area contributed by atoms with E-state index < -0.39 is 5.82 Å². The highest BCUT2D eigenvalue weighted by Gasteiger charge is 2.14. The number of aromatic nitrogens is 3. The lowest BCUT2D eigenvalue weighted by molar-refractivity contribution is 0.171. The van der Waals surface area contributed by atoms with Gasteiger partial charge in [0.05, 0.1) is 23.5 Å². The summed E-state index contributed by atoms with van der Waals surface area (Å²) in [7, 11) is 1.96. The molecule has 0 atom stereocenters. The Labute approximate surface area is 154 Å². The van der Waals surface area contributed by atoms with E-state index in [0.29, 0.717) is 25.4 Å². The van der Waals surface area contributed by atoms with Crippen LogP contribution in [0.2, 0.25) is 5.02 Å². The number of halogens is 2. The van der Waals surface area contributed by atoms with Crippen LogP contribution in [0.15, 0.2) is 42.6 Å². The van der Waals surface area contributed by atoms with Crippen molar-refractivity contribution in [2.24, 2.45) is 0 Å². The molecule has 1 aromatic heterocycles. The van der Waals surface area contributed by atoms with E-state index in [9.17, 15) is 4.39 Å². The third kappa shape index (κ3) is 3.30. The molecule has 26 heavy (non-hydrogen) atoms. The smallest absolute Gasteiger partial charge is 0.163 e. The molecule has 2 aromatic carbocycles. The predicted molar refractivity (Wildman–Crippen MR) is 95.9 cm³/mol. The summed E-state index contributed by atoms with van der Waals surface area (Å²) < 4.78 is 26.0. The summed E-state index contributed by atoms with van der Waals surface area (Å²) in [4.78, 5) is 2.03. The molecule has 0 N–H and O–H groups in total. The number of hydrogen-bond donors (Lipinski definition) is 0. The first-order valence-electron chi connectivity index (χ1n) is 8.07. The molecule has 0 saturated heterocycles. The molecule has 0 bridgehead atoms. The van der Waals surface area contributed by atoms with Crippen molar-refractivity contribution in [3.8, 4) is 17.2 Å². The molecular weight excluding hydrogens is 359 g/mol. The Morgan fingerprint density at radius 2 is 1.96 bits per heavy atom. The average molecular weight is 375 g/mol. The van der Waals surface area contributed by atoms with E-state index in [-0.39, 0.29) is 5.02 Å². The third-order valence-electron chi connectivity index (χ3n) is 4.07. The van der Waals surface area contributed by atoms with Crippen molar-refractivity contribution in [3.05, 3.63) is 59.1 Å². The lowest BCUT2D eigenvalue weighted by Gasteiger charge is -2.22. The topological polar surface area (TPSA) is 52.4 Å². The molecule has 0 unspecified atom stereocenters. The third-order valence-corrected chi connectivity index (χ3v) is 4.36. The highest BCUT2D eigenvalue weighted by molar-refractivity contribution is 6.30. The highest BCUT2D eigenvalue weighted by atomic mass is 35.5. The zero-order valence-electron chi connectivity index (χ0n) is 14.0. The highest BCUT2D eigenvalue weighted by Crippen LogP contribution is 2.34. The van der Waals surface area contributed by atoms with Gasteiger partial charge in [-0.2, -0.15) is 0 Å². The van der Waals surface area contributed by atoms with Crippen molar-refractivity contribution in [1.29, 1.82) is 0 Å². The summed E-state index contributed by atoms with van der Waals surface area (Å²) >= 11 is 5.83. The Kier molecular flexibility index (Phi) is 4.38. The average Bonchev–Trinajstić information content (AvgIpc) is 3.12. The maximum atomic E-state index is 13.3. The molecule has 0 radical (unpaired) electrons. The van der Waals surface area contributed by atoms with Crippen molar-refractivity contribution < 1.29 is 13.9 Å². The van der Waals surface area contributed by atoms with Gasteiger partial charge in [0.15, 0.2) is 11.5 Å². The second-order valence-electron chi connectivity index (χ2n) is 5.94. The zero-order valence-corrected chi connectivity index (χ0v) is 14.8. The van der Waals surface area contributed by atoms with Gasteiger partial charge in [0.25, 0.3) is 0 Å². The van der Waals surface area contributed by atoms with Crippen molar-refractivity contribution in [2.45, 2.75) is 6.54 Å². The van der Waals surface area contributed by atoms with Crippen LogP contribution in [0.4, 0.5) is 10.1 Å². The fourth-order valence-corrected chi connectivity index (χ4v) is 2.90. The molecule has 8 heteroatoms. The van der Waals surface area contributed by atoms with Gasteiger partial charge in [0.2, 0.25) is 0 Å². The molecule has 0 saturated carbocycles. The van der Waals surface area contributed by atoms with Crippen LogP contribution in [0.25, 0.3) is 5.69 Å². The van der Waals surface area contributed by atoms with Crippen LogP contribution >= 0.6 is 11.6 Å². The molecule has 0 spiro atoms. The molecule has 1 aliphatic heterocycles. The fourth-order valence-electron chi connectivity index (χ4n) is 2.73. The first-order valence-corrected chi connectivity index (χ1v) is 8.45. The summed E-state index contributed by atoms with van der Waals surface area (Å²) in [5.74, 6) is 1.03. The Hall–Kier alpha value is -2.80. The van der Waals surface area contributed by atoms with Crippen LogP contribution in [-0.2, 0) is 6.54 Å². The van der Waals surface area contributed by atoms with Crippen LogP contribution in [0.5, 0.6) is 11.5 Å². The zero-order chi connectivity index (χ0) is 18.1. The van der Waals surface area contributed by atoms with Gasteiger partial charge in [-0.05, 0) is 30.3 Å². The van der Waals surface area contributed by atoms with Crippen LogP contribution in [-0.4, -0.2) is 35.3 Å². The van der Waals surface area contributed by atoms with Crippen molar-refractivity contribution in [1.82, 2.24) is 15.0 Å². The van der Waals surface area contributed by atoms with E-state index in [4.69, 9.17) is 21.1 Å². The maximum absolute atomic E-state index is 13.3. The second-order valence-corrected chi connectivity index (χ2v) is 6.34. The van der Waals surface area contributed by atoms with Gasteiger partial charge in [-0.3, -0.25) is 0 Å². The lowest BCUT2D eigenvalue weighted by atomic mass is 10.2. The normalized spacial score (nSPS) is 12.9. The number of rotatable bonds is 4. The van der Waals surface area contributed by atoms with Gasteiger partial charge < -0.3 is 14.4 Å². The molecule has 0 aliphatic carbocycles. The molecule has 6 nitrogen and oxygen atoms in total. The Balaban J connectivity index is 1.50. The number of anilines is 1. The lowest BCUT2D eigenvalue weighted by Crippen LogP contribution is -2.19.